The van der Waals surface area contributed by atoms with E-state index in [4.69, 9.17) is 20.7 Å². The van der Waals surface area contributed by atoms with Crippen molar-refractivity contribution in [3.63, 3.8) is 0 Å². The van der Waals surface area contributed by atoms with Gasteiger partial charge in [0.2, 0.25) is 0 Å². The van der Waals surface area contributed by atoms with E-state index < -0.39 is 0 Å². The molecule has 0 spiro atoms. The SMILES string of the molecule is [C-]#[N+]c1cc(Oc2ccc3c4oc5ccc6ccccc6c5c4n(-c4cc(C(C)(C)C)ccn4)c3c2)cc(N2CN(c3c(-c4ccccc4)cccc3-c3cccc(-c4ccccc4)c3)c3ccc(-c4ccccc4)cc32)c1. The zero-order valence-electron chi connectivity index (χ0n) is 43.4. The number of furan rings is 1. The van der Waals surface area contributed by atoms with E-state index in [1.165, 1.54) is 5.56 Å². The van der Waals surface area contributed by atoms with Crippen molar-refractivity contribution in [3.8, 4) is 61.8 Å². The predicted octanol–water partition coefficient (Wildman–Crippen LogP) is 19.6. The summed E-state index contributed by atoms with van der Waals surface area (Å²) in [5.41, 5.74) is 18.0. The van der Waals surface area contributed by atoms with Gasteiger partial charge in [-0.15, -0.1) is 0 Å². The van der Waals surface area contributed by atoms with Crippen LogP contribution in [0.2, 0.25) is 0 Å². The first-order valence-corrected chi connectivity index (χ1v) is 26.4. The first kappa shape index (κ1) is 46.4. The molecule has 372 valence electrons. The lowest BCUT2D eigenvalue weighted by Crippen LogP contribution is -2.25. The molecule has 3 aromatic heterocycles. The second-order valence-corrected chi connectivity index (χ2v) is 21.1. The van der Waals surface area contributed by atoms with Gasteiger partial charge in [-0.3, -0.25) is 4.57 Å². The normalized spacial score (nSPS) is 12.4. The first-order chi connectivity index (χ1) is 38.2. The van der Waals surface area contributed by atoms with Gasteiger partial charge in [0, 0.05) is 40.5 Å². The summed E-state index contributed by atoms with van der Waals surface area (Å²) in [7, 11) is 0. The van der Waals surface area contributed by atoms with Crippen LogP contribution in [0.25, 0.3) is 98.9 Å². The van der Waals surface area contributed by atoms with Gasteiger partial charge in [0.1, 0.15) is 35.1 Å². The largest absolute Gasteiger partial charge is 0.459 e. The minimum Gasteiger partial charge on any atom is -0.459 e. The van der Waals surface area contributed by atoms with Crippen LogP contribution in [0.5, 0.6) is 11.5 Å². The highest BCUT2D eigenvalue weighted by molar-refractivity contribution is 6.24. The lowest BCUT2D eigenvalue weighted by Gasteiger charge is -2.27. The molecule has 0 unspecified atom stereocenters. The predicted molar refractivity (Wildman–Crippen MR) is 321 cm³/mol. The molecule has 1 aliphatic heterocycles. The van der Waals surface area contributed by atoms with E-state index in [2.05, 4.69) is 258 Å². The van der Waals surface area contributed by atoms with Crippen LogP contribution >= 0.6 is 0 Å². The van der Waals surface area contributed by atoms with Gasteiger partial charge in [-0.2, -0.15) is 0 Å². The average molecular weight is 1010 g/mol. The quantitative estimate of drug-likeness (QED) is 0.135. The third kappa shape index (κ3) is 8.01. The van der Waals surface area contributed by atoms with Crippen LogP contribution < -0.4 is 14.5 Å². The number of anilines is 4. The number of rotatable bonds is 9. The van der Waals surface area contributed by atoms with E-state index in [-0.39, 0.29) is 5.41 Å². The number of benzene rings is 10. The van der Waals surface area contributed by atoms with E-state index in [1.54, 1.807) is 0 Å². The van der Waals surface area contributed by atoms with Gasteiger partial charge in [-0.1, -0.05) is 185 Å². The number of para-hydroxylation sites is 1. The molecule has 0 amide bonds. The van der Waals surface area contributed by atoms with Crippen molar-refractivity contribution in [1.29, 1.82) is 0 Å². The molecule has 7 nitrogen and oxygen atoms in total. The molecule has 1 aliphatic rings. The highest BCUT2D eigenvalue weighted by Crippen LogP contribution is 2.52. The van der Waals surface area contributed by atoms with Crippen LogP contribution in [0.15, 0.2) is 247 Å². The number of nitrogens with zero attached hydrogens (tertiary/aromatic N) is 5. The average Bonchev–Trinajstić information content (AvgIpc) is 4.32. The van der Waals surface area contributed by atoms with Gasteiger partial charge in [0.05, 0.1) is 34.5 Å². The Kier molecular flexibility index (Phi) is 11.1. The second-order valence-electron chi connectivity index (χ2n) is 21.1. The summed E-state index contributed by atoms with van der Waals surface area (Å²) in [6, 6.07) is 82.9. The van der Waals surface area contributed by atoms with Crippen LogP contribution in [0.4, 0.5) is 28.4 Å². The van der Waals surface area contributed by atoms with Crippen molar-refractivity contribution in [2.45, 2.75) is 26.2 Å². The Labute approximate surface area is 452 Å². The number of hydrogen-bond donors (Lipinski definition) is 0. The van der Waals surface area contributed by atoms with Gasteiger partial charge in [0.25, 0.3) is 0 Å². The number of aromatic nitrogens is 2. The van der Waals surface area contributed by atoms with Gasteiger partial charge in [-0.25, -0.2) is 9.83 Å². The zero-order valence-corrected chi connectivity index (χ0v) is 43.4. The molecule has 7 heteroatoms. The maximum Gasteiger partial charge on any atom is 0.192 e. The third-order valence-corrected chi connectivity index (χ3v) is 15.2. The molecule has 0 saturated heterocycles. The van der Waals surface area contributed by atoms with Crippen LogP contribution in [-0.4, -0.2) is 16.2 Å². The Morgan fingerprint density at radius 1 is 0.526 bits per heavy atom. The van der Waals surface area contributed by atoms with Crippen molar-refractivity contribution in [2.75, 3.05) is 16.5 Å². The summed E-state index contributed by atoms with van der Waals surface area (Å²) in [4.78, 5) is 13.8. The summed E-state index contributed by atoms with van der Waals surface area (Å²) >= 11 is 0. The summed E-state index contributed by atoms with van der Waals surface area (Å²) in [5.74, 6) is 1.96. The Hall–Kier alpha value is -10.2. The topological polar surface area (TPSA) is 51.0 Å². The zero-order chi connectivity index (χ0) is 52.5. The Balaban J connectivity index is 0.919. The van der Waals surface area contributed by atoms with E-state index >= 15 is 0 Å². The maximum absolute atomic E-state index is 8.46. The highest BCUT2D eigenvalue weighted by atomic mass is 16.5. The summed E-state index contributed by atoms with van der Waals surface area (Å²) in [6.07, 6.45) is 1.90. The summed E-state index contributed by atoms with van der Waals surface area (Å²) < 4.78 is 16.0. The minimum atomic E-state index is -0.108. The van der Waals surface area contributed by atoms with Crippen LogP contribution in [0, 0.1) is 6.57 Å². The van der Waals surface area contributed by atoms with Crippen LogP contribution in [0.1, 0.15) is 26.3 Å². The summed E-state index contributed by atoms with van der Waals surface area (Å²) in [6.45, 7) is 15.6. The maximum atomic E-state index is 8.46. The molecule has 10 aromatic carbocycles. The van der Waals surface area contributed by atoms with Gasteiger partial charge in [0.15, 0.2) is 11.3 Å². The monoisotopic (exact) mass is 1010 g/mol. The lowest BCUT2D eigenvalue weighted by molar-refractivity contribution is 0.483. The second kappa shape index (κ2) is 18.6. The molecule has 0 radical (unpaired) electrons. The number of ether oxygens (including phenoxy) is 1. The van der Waals surface area contributed by atoms with Gasteiger partial charge < -0.3 is 19.0 Å². The first-order valence-electron chi connectivity index (χ1n) is 26.4. The smallest absolute Gasteiger partial charge is 0.192 e. The Morgan fingerprint density at radius 3 is 1.96 bits per heavy atom. The third-order valence-electron chi connectivity index (χ3n) is 15.2. The van der Waals surface area contributed by atoms with Crippen molar-refractivity contribution in [3.05, 3.63) is 260 Å². The molecular formula is C71H51N5O2. The molecule has 4 heterocycles. The molecule has 0 atom stereocenters. The van der Waals surface area contributed by atoms with Crippen molar-refractivity contribution in [2.24, 2.45) is 0 Å². The number of hydrogen-bond acceptors (Lipinski definition) is 5. The molecule has 14 rings (SSSR count). The van der Waals surface area contributed by atoms with Gasteiger partial charge >= 0.3 is 0 Å². The molecule has 0 fully saturated rings. The van der Waals surface area contributed by atoms with Crippen molar-refractivity contribution < 1.29 is 9.15 Å². The van der Waals surface area contributed by atoms with Gasteiger partial charge in [-0.05, 0) is 116 Å². The summed E-state index contributed by atoms with van der Waals surface area (Å²) in [5, 5.41) is 4.23. The lowest BCUT2D eigenvalue weighted by atomic mass is 9.88. The van der Waals surface area contributed by atoms with Crippen LogP contribution in [0.3, 0.4) is 0 Å². The van der Waals surface area contributed by atoms with Crippen LogP contribution in [-0.2, 0) is 5.41 Å². The fourth-order valence-electron chi connectivity index (χ4n) is 11.4. The van der Waals surface area contributed by atoms with Crippen molar-refractivity contribution >= 4 is 72.2 Å². The molecule has 78 heavy (non-hydrogen) atoms. The highest BCUT2D eigenvalue weighted by Gasteiger charge is 2.33. The fourth-order valence-corrected chi connectivity index (χ4v) is 11.4. The number of fused-ring (bicyclic) bond motifs is 8. The Morgan fingerprint density at radius 2 is 1.21 bits per heavy atom. The molecule has 0 saturated carbocycles. The fraction of sp³-hybridized carbons (Fsp3) is 0.0704. The molecular weight excluding hydrogens is 955 g/mol. The minimum absolute atomic E-state index is 0.108. The molecule has 13 aromatic rings. The van der Waals surface area contributed by atoms with E-state index in [9.17, 15) is 0 Å². The molecule has 0 bridgehead atoms. The number of pyridine rings is 1. The van der Waals surface area contributed by atoms with E-state index in [0.717, 1.165) is 117 Å². The standard InChI is InChI=1S/C71H51N5O2/c1-71(2,3)53-36-37-73-66(40-53)76-63-44-56(32-33-61(63)70-69(76)67-58-27-15-14-24-49(58)31-35-65(67)78-70)77-57-42-54(72-4)41-55(43-57)74-45-75(62-34-30-51(39-64(62)74)47-20-10-6-11-21-47)68-59(48-22-12-7-13-23-48)28-17-29-60(68)52-26-16-25-50(38-52)46-18-8-5-9-19-46/h5-44H,45H2,1-3H3. The molecule has 0 N–H and O–H groups in total. The van der Waals surface area contributed by atoms with E-state index in [0.29, 0.717) is 23.9 Å². The Bertz CT molecular complexity index is 4510. The molecule has 0 aliphatic carbocycles. The van der Waals surface area contributed by atoms with Crippen molar-refractivity contribution in [1.82, 2.24) is 9.55 Å². The van der Waals surface area contributed by atoms with E-state index in [1.807, 2.05) is 24.4 Å².